The van der Waals surface area contributed by atoms with Crippen molar-refractivity contribution < 1.29 is 14.3 Å². The molecule has 0 saturated heterocycles. The van der Waals surface area contributed by atoms with Crippen LogP contribution in [0.1, 0.15) is 15.9 Å². The molecule has 0 unspecified atom stereocenters. The third kappa shape index (κ3) is 2.48. The minimum absolute atomic E-state index is 0.353. The molecule has 5 heteroatoms. The van der Waals surface area contributed by atoms with Crippen LogP contribution in [0.2, 0.25) is 0 Å². The number of rotatable bonds is 4. The molecule has 3 aromatic rings. The van der Waals surface area contributed by atoms with Crippen molar-refractivity contribution in [3.63, 3.8) is 0 Å². The smallest absolute Gasteiger partial charge is 0.379 e. The van der Waals surface area contributed by atoms with Crippen molar-refractivity contribution in [2.24, 2.45) is 0 Å². The monoisotopic (exact) mass is 294 g/mol. The van der Waals surface area contributed by atoms with Gasteiger partial charge in [-0.25, -0.2) is 4.79 Å². The molecule has 0 fully saturated rings. The molecule has 0 radical (unpaired) electrons. The molecule has 1 aromatic carbocycles. The summed E-state index contributed by atoms with van der Waals surface area (Å²) in [4.78, 5) is 27.8. The number of para-hydroxylation sites is 1. The largest absolute Gasteiger partial charge is 0.463 e. The molecule has 22 heavy (non-hydrogen) atoms. The van der Waals surface area contributed by atoms with E-state index in [-0.39, 0.29) is 0 Å². The lowest BCUT2D eigenvalue weighted by Crippen LogP contribution is -2.15. The van der Waals surface area contributed by atoms with Gasteiger partial charge in [0.05, 0.1) is 12.7 Å². The summed E-state index contributed by atoms with van der Waals surface area (Å²) in [5, 5.41) is 0.738. The molecule has 0 aliphatic heterocycles. The first-order valence-electron chi connectivity index (χ1n) is 6.80. The summed E-state index contributed by atoms with van der Waals surface area (Å²) in [6, 6.07) is 11.3. The van der Waals surface area contributed by atoms with Crippen molar-refractivity contribution >= 4 is 22.7 Å². The fourth-order valence-corrected chi connectivity index (χ4v) is 2.45. The van der Waals surface area contributed by atoms with Gasteiger partial charge in [-0.3, -0.25) is 9.78 Å². The van der Waals surface area contributed by atoms with E-state index in [1.54, 1.807) is 18.6 Å². The SMILES string of the molecule is COC(=O)C(=O)c1cn(Cc2cccnc2)c2ccccc12. The normalized spacial score (nSPS) is 10.6. The Balaban J connectivity index is 2.08. The van der Waals surface area contributed by atoms with Gasteiger partial charge in [-0.1, -0.05) is 24.3 Å². The summed E-state index contributed by atoms with van der Waals surface area (Å²) in [5.74, 6) is -1.49. The van der Waals surface area contributed by atoms with Gasteiger partial charge in [-0.2, -0.15) is 0 Å². The van der Waals surface area contributed by atoms with E-state index >= 15 is 0 Å². The Morgan fingerprint density at radius 2 is 2.00 bits per heavy atom. The Hall–Kier alpha value is -2.95. The quantitative estimate of drug-likeness (QED) is 0.421. The fourth-order valence-electron chi connectivity index (χ4n) is 2.45. The van der Waals surface area contributed by atoms with Crippen molar-refractivity contribution in [1.82, 2.24) is 9.55 Å². The molecule has 0 N–H and O–H groups in total. The van der Waals surface area contributed by atoms with E-state index < -0.39 is 11.8 Å². The van der Waals surface area contributed by atoms with Gasteiger partial charge in [-0.15, -0.1) is 0 Å². The molecule has 5 nitrogen and oxygen atoms in total. The Labute approximate surface area is 127 Å². The van der Waals surface area contributed by atoms with Crippen molar-refractivity contribution in [2.45, 2.75) is 6.54 Å². The van der Waals surface area contributed by atoms with Crippen LogP contribution in [0.15, 0.2) is 55.0 Å². The number of Topliss-reactive ketones (excluding diaryl/α,β-unsaturated/α-hetero) is 1. The molecule has 2 aromatic heterocycles. The number of fused-ring (bicyclic) bond motifs is 1. The predicted octanol–water partition coefficient (Wildman–Crippen LogP) is 2.44. The summed E-state index contributed by atoms with van der Waals surface area (Å²) >= 11 is 0. The van der Waals surface area contributed by atoms with Crippen LogP contribution >= 0.6 is 0 Å². The highest BCUT2D eigenvalue weighted by Crippen LogP contribution is 2.23. The Bertz CT molecular complexity index is 837. The molecular weight excluding hydrogens is 280 g/mol. The summed E-state index contributed by atoms with van der Waals surface area (Å²) in [5.41, 5.74) is 2.25. The zero-order valence-electron chi connectivity index (χ0n) is 12.0. The number of carbonyl (C=O) groups is 2. The number of esters is 1. The van der Waals surface area contributed by atoms with Gasteiger partial charge >= 0.3 is 5.97 Å². The minimum Gasteiger partial charge on any atom is -0.463 e. The number of methoxy groups -OCH3 is 1. The predicted molar refractivity (Wildman–Crippen MR) is 81.6 cm³/mol. The van der Waals surface area contributed by atoms with Gasteiger partial charge in [0.15, 0.2) is 0 Å². The van der Waals surface area contributed by atoms with Gasteiger partial charge in [0, 0.05) is 36.0 Å². The van der Waals surface area contributed by atoms with Gasteiger partial charge in [0.25, 0.3) is 5.78 Å². The van der Waals surface area contributed by atoms with Crippen molar-refractivity contribution in [3.8, 4) is 0 Å². The molecule has 0 spiro atoms. The van der Waals surface area contributed by atoms with Crippen LogP contribution < -0.4 is 0 Å². The third-order valence-corrected chi connectivity index (χ3v) is 3.48. The Kier molecular flexibility index (Phi) is 3.70. The van der Waals surface area contributed by atoms with E-state index in [0.717, 1.165) is 16.5 Å². The Morgan fingerprint density at radius 1 is 1.18 bits per heavy atom. The minimum atomic E-state index is -0.857. The number of ether oxygens (including phenoxy) is 1. The molecule has 3 rings (SSSR count). The second-order valence-electron chi connectivity index (χ2n) is 4.87. The average Bonchev–Trinajstić information content (AvgIpc) is 2.93. The zero-order valence-corrected chi connectivity index (χ0v) is 12.0. The first-order valence-corrected chi connectivity index (χ1v) is 6.80. The highest BCUT2D eigenvalue weighted by molar-refractivity contribution is 6.42. The molecule has 0 amide bonds. The lowest BCUT2D eigenvalue weighted by molar-refractivity contribution is -0.135. The highest BCUT2D eigenvalue weighted by Gasteiger charge is 2.21. The van der Waals surface area contributed by atoms with E-state index in [0.29, 0.717) is 12.1 Å². The lowest BCUT2D eigenvalue weighted by Gasteiger charge is -2.04. The molecule has 0 aliphatic carbocycles. The van der Waals surface area contributed by atoms with Crippen molar-refractivity contribution in [2.75, 3.05) is 7.11 Å². The molecule has 0 saturated carbocycles. The van der Waals surface area contributed by atoms with Crippen LogP contribution in [0.25, 0.3) is 10.9 Å². The number of nitrogens with zero attached hydrogens (tertiary/aromatic N) is 2. The molecule has 110 valence electrons. The van der Waals surface area contributed by atoms with E-state index in [4.69, 9.17) is 0 Å². The number of hydrogen-bond acceptors (Lipinski definition) is 4. The van der Waals surface area contributed by atoms with Crippen LogP contribution in [0.5, 0.6) is 0 Å². The number of ketones is 1. The second-order valence-corrected chi connectivity index (χ2v) is 4.87. The van der Waals surface area contributed by atoms with E-state index in [9.17, 15) is 9.59 Å². The van der Waals surface area contributed by atoms with Crippen LogP contribution in [0.4, 0.5) is 0 Å². The van der Waals surface area contributed by atoms with E-state index in [2.05, 4.69) is 9.72 Å². The van der Waals surface area contributed by atoms with Gasteiger partial charge in [-0.05, 0) is 17.7 Å². The van der Waals surface area contributed by atoms with E-state index in [1.807, 2.05) is 41.0 Å². The molecule has 0 aliphatic rings. The van der Waals surface area contributed by atoms with Crippen molar-refractivity contribution in [1.29, 1.82) is 0 Å². The highest BCUT2D eigenvalue weighted by atomic mass is 16.5. The number of hydrogen-bond donors (Lipinski definition) is 0. The number of pyridine rings is 1. The average molecular weight is 294 g/mol. The summed E-state index contributed by atoms with van der Waals surface area (Å²) in [6.07, 6.45) is 5.18. The van der Waals surface area contributed by atoms with Crippen LogP contribution in [-0.2, 0) is 16.1 Å². The maximum atomic E-state index is 12.2. The standard InChI is InChI=1S/C17H14N2O3/c1-22-17(21)16(20)14-11-19(10-12-5-4-8-18-9-12)15-7-3-2-6-13(14)15/h2-9,11H,10H2,1H3. The lowest BCUT2D eigenvalue weighted by atomic mass is 10.1. The Morgan fingerprint density at radius 3 is 2.73 bits per heavy atom. The molecular formula is C17H14N2O3. The maximum Gasteiger partial charge on any atom is 0.379 e. The number of carbonyl (C=O) groups excluding carboxylic acids is 2. The van der Waals surface area contributed by atoms with Crippen LogP contribution in [0, 0.1) is 0 Å². The molecule has 0 atom stereocenters. The zero-order chi connectivity index (χ0) is 15.5. The van der Waals surface area contributed by atoms with E-state index in [1.165, 1.54) is 7.11 Å². The van der Waals surface area contributed by atoms with Crippen LogP contribution in [0.3, 0.4) is 0 Å². The van der Waals surface area contributed by atoms with Gasteiger partial charge < -0.3 is 9.30 Å². The molecule has 0 bridgehead atoms. The van der Waals surface area contributed by atoms with Crippen molar-refractivity contribution in [3.05, 3.63) is 66.1 Å². The maximum absolute atomic E-state index is 12.2. The molecule has 2 heterocycles. The second kappa shape index (κ2) is 5.81. The fraction of sp³-hybridized carbons (Fsp3) is 0.118. The number of aromatic nitrogens is 2. The number of benzene rings is 1. The summed E-state index contributed by atoms with van der Waals surface area (Å²) in [7, 11) is 1.20. The topological polar surface area (TPSA) is 61.2 Å². The first-order chi connectivity index (χ1) is 10.7. The van der Waals surface area contributed by atoms with Gasteiger partial charge in [0.1, 0.15) is 0 Å². The third-order valence-electron chi connectivity index (χ3n) is 3.48. The van der Waals surface area contributed by atoms with Gasteiger partial charge in [0.2, 0.25) is 0 Å². The van der Waals surface area contributed by atoms with Crippen LogP contribution in [-0.4, -0.2) is 28.4 Å². The summed E-state index contributed by atoms with van der Waals surface area (Å²) in [6.45, 7) is 0.572. The summed E-state index contributed by atoms with van der Waals surface area (Å²) < 4.78 is 6.47. The first kappa shape index (κ1) is 14.0.